The van der Waals surface area contributed by atoms with Gasteiger partial charge in [0.15, 0.2) is 0 Å². The van der Waals surface area contributed by atoms with E-state index in [0.29, 0.717) is 12.4 Å². The lowest BCUT2D eigenvalue weighted by atomic mass is 10.2. The molecule has 3 N–H and O–H groups in total. The van der Waals surface area contributed by atoms with Gasteiger partial charge in [-0.05, 0) is 37.6 Å². The van der Waals surface area contributed by atoms with Gasteiger partial charge in [0.25, 0.3) is 5.91 Å². The second-order valence-corrected chi connectivity index (χ2v) is 6.37. The van der Waals surface area contributed by atoms with E-state index < -0.39 is 28.0 Å². The molecule has 0 aromatic heterocycles. The molecule has 22 heavy (non-hydrogen) atoms. The topological polar surface area (TPSA) is 114 Å². The number of amides is 3. The Kier molecular flexibility index (Phi) is 4.99. The van der Waals surface area contributed by atoms with Gasteiger partial charge in [-0.3, -0.25) is 10.1 Å². The van der Waals surface area contributed by atoms with Crippen LogP contribution in [0.25, 0.3) is 0 Å². The monoisotopic (exact) mass is 327 g/mol. The van der Waals surface area contributed by atoms with E-state index in [1.807, 2.05) is 6.92 Å². The van der Waals surface area contributed by atoms with Crippen molar-refractivity contribution in [2.75, 3.05) is 13.2 Å². The summed E-state index contributed by atoms with van der Waals surface area (Å²) in [5.74, 6) is 0.136. The Balaban J connectivity index is 1.90. The van der Waals surface area contributed by atoms with Crippen LogP contribution in [-0.4, -0.2) is 39.5 Å². The van der Waals surface area contributed by atoms with Gasteiger partial charge >= 0.3 is 6.03 Å². The maximum atomic E-state index is 12.1. The zero-order chi connectivity index (χ0) is 16.2. The Morgan fingerprint density at radius 3 is 2.45 bits per heavy atom. The number of rotatable bonds is 7. The highest BCUT2D eigenvalue weighted by Crippen LogP contribution is 2.15. The first-order valence-electron chi connectivity index (χ1n) is 6.76. The van der Waals surface area contributed by atoms with Gasteiger partial charge < -0.3 is 10.1 Å². The average molecular weight is 327 g/mol. The number of ether oxygens (including phenoxy) is 1. The summed E-state index contributed by atoms with van der Waals surface area (Å²) in [6.45, 7) is 2.37. The van der Waals surface area contributed by atoms with Crippen LogP contribution in [0.1, 0.15) is 13.3 Å². The van der Waals surface area contributed by atoms with Crippen molar-refractivity contribution in [1.82, 2.24) is 15.4 Å². The average Bonchev–Trinajstić information content (AvgIpc) is 2.78. The van der Waals surface area contributed by atoms with Gasteiger partial charge in [0, 0.05) is 6.54 Å². The van der Waals surface area contributed by atoms with Gasteiger partial charge in [-0.1, -0.05) is 0 Å². The first-order chi connectivity index (χ1) is 10.4. The van der Waals surface area contributed by atoms with E-state index in [2.05, 4.69) is 15.4 Å². The zero-order valence-corrected chi connectivity index (χ0v) is 12.8. The van der Waals surface area contributed by atoms with Crippen molar-refractivity contribution < 1.29 is 22.7 Å². The third-order valence-corrected chi connectivity index (χ3v) is 4.51. The number of urea groups is 1. The highest BCUT2D eigenvalue weighted by molar-refractivity contribution is 7.89. The molecule has 1 saturated heterocycles. The first kappa shape index (κ1) is 16.2. The quantitative estimate of drug-likeness (QED) is 0.608. The summed E-state index contributed by atoms with van der Waals surface area (Å²) in [4.78, 5) is 22.4. The lowest BCUT2D eigenvalue weighted by Crippen LogP contribution is -2.34. The summed E-state index contributed by atoms with van der Waals surface area (Å²) < 4.78 is 31.8. The van der Waals surface area contributed by atoms with Crippen LogP contribution >= 0.6 is 0 Å². The Morgan fingerprint density at radius 2 is 1.91 bits per heavy atom. The van der Waals surface area contributed by atoms with Gasteiger partial charge in [0.1, 0.15) is 11.8 Å². The molecule has 0 saturated carbocycles. The normalized spacial score (nSPS) is 18.0. The molecule has 1 aromatic carbocycles. The molecule has 1 aliphatic rings. The molecular formula is C13H17N3O5S. The second-order valence-electron chi connectivity index (χ2n) is 4.61. The molecule has 0 radical (unpaired) electrons. The van der Waals surface area contributed by atoms with Gasteiger partial charge in [0.05, 0.1) is 11.5 Å². The summed E-state index contributed by atoms with van der Waals surface area (Å²) in [5, 5.41) is 4.48. The van der Waals surface area contributed by atoms with E-state index in [1.165, 1.54) is 12.1 Å². The predicted octanol–water partition coefficient (Wildman–Crippen LogP) is -0.0383. The Labute approximate surface area is 128 Å². The lowest BCUT2D eigenvalue weighted by Gasteiger charge is -2.10. The van der Waals surface area contributed by atoms with Crippen LogP contribution < -0.4 is 20.1 Å². The summed E-state index contributed by atoms with van der Waals surface area (Å²) in [5.41, 5.74) is 0. The van der Waals surface area contributed by atoms with Gasteiger partial charge in [-0.15, -0.1) is 0 Å². The number of carbonyl (C=O) groups excluding carboxylic acids is 2. The minimum absolute atomic E-state index is 0.0356. The van der Waals surface area contributed by atoms with E-state index in [1.54, 1.807) is 12.1 Å². The molecule has 1 atom stereocenters. The van der Waals surface area contributed by atoms with Crippen molar-refractivity contribution in [3.63, 3.8) is 0 Å². The zero-order valence-electron chi connectivity index (χ0n) is 12.0. The van der Waals surface area contributed by atoms with Crippen LogP contribution in [0, 0.1) is 0 Å². The summed E-state index contributed by atoms with van der Waals surface area (Å²) in [6.07, 6.45) is 0.174. The van der Waals surface area contributed by atoms with Gasteiger partial charge in [-0.25, -0.2) is 17.9 Å². The molecule has 1 aromatic rings. The van der Waals surface area contributed by atoms with Crippen LogP contribution in [-0.2, 0) is 14.8 Å². The molecule has 120 valence electrons. The third kappa shape index (κ3) is 3.95. The number of sulfonamides is 1. The Bertz CT molecular complexity index is 657. The number of hydrogen-bond acceptors (Lipinski definition) is 5. The Hall–Kier alpha value is -2.13. The molecule has 3 amide bonds. The van der Waals surface area contributed by atoms with Crippen molar-refractivity contribution in [2.24, 2.45) is 0 Å². The minimum Gasteiger partial charge on any atom is -0.494 e. The van der Waals surface area contributed by atoms with Crippen molar-refractivity contribution in [3.05, 3.63) is 24.3 Å². The molecule has 2 rings (SSSR count). The smallest absolute Gasteiger partial charge is 0.322 e. The van der Waals surface area contributed by atoms with Crippen molar-refractivity contribution >= 4 is 22.0 Å². The maximum absolute atomic E-state index is 12.1. The van der Waals surface area contributed by atoms with E-state index in [0.717, 1.165) is 0 Å². The van der Waals surface area contributed by atoms with E-state index in [4.69, 9.17) is 4.74 Å². The fraction of sp³-hybridized carbons (Fsp3) is 0.385. The molecule has 8 nitrogen and oxygen atoms in total. The predicted molar refractivity (Wildman–Crippen MR) is 77.9 cm³/mol. The summed E-state index contributed by atoms with van der Waals surface area (Å²) in [7, 11) is -3.66. The Morgan fingerprint density at radius 1 is 1.23 bits per heavy atom. The van der Waals surface area contributed by atoms with E-state index >= 15 is 0 Å². The van der Waals surface area contributed by atoms with Crippen molar-refractivity contribution in [3.8, 4) is 5.75 Å². The number of nitrogens with one attached hydrogen (secondary N) is 3. The van der Waals surface area contributed by atoms with Gasteiger partial charge in [0.2, 0.25) is 10.0 Å². The van der Waals surface area contributed by atoms with Crippen LogP contribution in [0.4, 0.5) is 4.79 Å². The van der Waals surface area contributed by atoms with Gasteiger partial charge in [-0.2, -0.15) is 0 Å². The minimum atomic E-state index is -3.66. The van der Waals surface area contributed by atoms with Crippen molar-refractivity contribution in [2.45, 2.75) is 24.3 Å². The standard InChI is InChI=1S/C13H17N3O5S/c1-2-21-9-3-5-10(6-4-9)22(19,20)14-8-7-11-12(17)16-13(18)15-11/h3-6,11,14H,2,7-8H2,1H3,(H2,15,16,17,18). The summed E-state index contributed by atoms with van der Waals surface area (Å²) in [6, 6.07) is 4.75. The molecule has 1 unspecified atom stereocenters. The number of carbonyl (C=O) groups is 2. The molecule has 1 fully saturated rings. The third-order valence-electron chi connectivity index (χ3n) is 3.03. The maximum Gasteiger partial charge on any atom is 0.322 e. The fourth-order valence-corrected chi connectivity index (χ4v) is 3.01. The number of imide groups is 1. The second kappa shape index (κ2) is 6.75. The molecule has 1 aliphatic heterocycles. The molecule has 1 heterocycles. The highest BCUT2D eigenvalue weighted by Gasteiger charge is 2.29. The fourth-order valence-electron chi connectivity index (χ4n) is 1.96. The van der Waals surface area contributed by atoms with Crippen LogP contribution in [0.3, 0.4) is 0 Å². The van der Waals surface area contributed by atoms with Crippen LogP contribution in [0.5, 0.6) is 5.75 Å². The van der Waals surface area contributed by atoms with Crippen LogP contribution in [0.2, 0.25) is 0 Å². The molecular weight excluding hydrogens is 310 g/mol. The number of benzene rings is 1. The molecule has 0 bridgehead atoms. The molecule has 0 aliphatic carbocycles. The molecule has 9 heteroatoms. The lowest BCUT2D eigenvalue weighted by molar-refractivity contribution is -0.120. The summed E-state index contributed by atoms with van der Waals surface area (Å²) >= 11 is 0. The van der Waals surface area contributed by atoms with Crippen LogP contribution in [0.15, 0.2) is 29.2 Å². The largest absolute Gasteiger partial charge is 0.494 e. The van der Waals surface area contributed by atoms with Crippen molar-refractivity contribution in [1.29, 1.82) is 0 Å². The van der Waals surface area contributed by atoms with E-state index in [9.17, 15) is 18.0 Å². The first-order valence-corrected chi connectivity index (χ1v) is 8.24. The number of hydrogen-bond donors (Lipinski definition) is 3. The van der Waals surface area contributed by atoms with E-state index in [-0.39, 0.29) is 17.9 Å². The highest BCUT2D eigenvalue weighted by atomic mass is 32.2. The SMILES string of the molecule is CCOc1ccc(S(=O)(=O)NCCC2NC(=O)NC2=O)cc1. The molecule has 0 spiro atoms.